The summed E-state index contributed by atoms with van der Waals surface area (Å²) >= 11 is 6.16. The third-order valence-electron chi connectivity index (χ3n) is 2.41. The molecule has 0 saturated carbocycles. The third-order valence-corrected chi connectivity index (χ3v) is 2.73. The van der Waals surface area contributed by atoms with E-state index in [0.29, 0.717) is 10.8 Å². The number of nitrogens with zero attached hydrogens (tertiary/aromatic N) is 2. The second-order valence-corrected chi connectivity index (χ2v) is 4.33. The van der Waals surface area contributed by atoms with Crippen LogP contribution in [0.5, 0.6) is 0 Å². The zero-order valence-corrected chi connectivity index (χ0v) is 11.1. The molecule has 94 valence electrons. The predicted molar refractivity (Wildman–Crippen MR) is 75.7 cm³/mol. The molecule has 0 saturated heterocycles. The molecular weight excluding hydrogens is 248 g/mol. The van der Waals surface area contributed by atoms with Gasteiger partial charge in [-0.15, -0.1) is 0 Å². The van der Waals surface area contributed by atoms with Crippen molar-refractivity contribution in [3.05, 3.63) is 41.2 Å². The normalized spacial score (nSPS) is 10.2. The Morgan fingerprint density at radius 2 is 1.94 bits per heavy atom. The lowest BCUT2D eigenvalue weighted by molar-refractivity contribution is 1.11. The minimum Gasteiger partial charge on any atom is -0.370 e. The average Bonchev–Trinajstić information content (AvgIpc) is 2.34. The van der Waals surface area contributed by atoms with E-state index in [0.717, 1.165) is 23.6 Å². The number of benzene rings is 1. The number of aryl methyl sites for hydroxylation is 1. The van der Waals surface area contributed by atoms with Gasteiger partial charge in [0.25, 0.3) is 0 Å². The molecule has 0 atom stereocenters. The van der Waals surface area contributed by atoms with Crippen LogP contribution in [0, 0.1) is 6.92 Å². The number of hydrogen-bond donors (Lipinski definition) is 2. The number of rotatable bonds is 4. The van der Waals surface area contributed by atoms with Crippen LogP contribution in [-0.2, 0) is 0 Å². The Bertz CT molecular complexity index is 542. The van der Waals surface area contributed by atoms with E-state index in [4.69, 9.17) is 11.6 Å². The van der Waals surface area contributed by atoms with Gasteiger partial charge in [-0.1, -0.05) is 17.7 Å². The Hall–Kier alpha value is -1.81. The lowest BCUT2D eigenvalue weighted by atomic mass is 10.2. The van der Waals surface area contributed by atoms with E-state index in [9.17, 15) is 0 Å². The average molecular weight is 263 g/mol. The zero-order chi connectivity index (χ0) is 13.0. The molecular formula is C13H15ClN4. The van der Waals surface area contributed by atoms with E-state index in [1.807, 2.05) is 38.1 Å². The quantitative estimate of drug-likeness (QED) is 0.884. The lowest BCUT2D eigenvalue weighted by Gasteiger charge is -2.09. The number of halogens is 1. The summed E-state index contributed by atoms with van der Waals surface area (Å²) < 4.78 is 0. The second-order valence-electron chi connectivity index (χ2n) is 3.93. The second kappa shape index (κ2) is 5.69. The number of anilines is 3. The Morgan fingerprint density at radius 1 is 1.17 bits per heavy atom. The highest BCUT2D eigenvalue weighted by atomic mass is 35.5. The first kappa shape index (κ1) is 12.6. The molecule has 1 heterocycles. The van der Waals surface area contributed by atoms with Gasteiger partial charge in [0.05, 0.1) is 10.7 Å². The molecule has 0 aliphatic carbocycles. The van der Waals surface area contributed by atoms with Gasteiger partial charge in [0.1, 0.15) is 18.0 Å². The van der Waals surface area contributed by atoms with Crippen molar-refractivity contribution in [1.29, 1.82) is 0 Å². The van der Waals surface area contributed by atoms with E-state index in [1.165, 1.54) is 6.33 Å². The van der Waals surface area contributed by atoms with Crippen LogP contribution in [-0.4, -0.2) is 16.5 Å². The van der Waals surface area contributed by atoms with Crippen molar-refractivity contribution in [3.8, 4) is 0 Å². The fourth-order valence-corrected chi connectivity index (χ4v) is 1.85. The van der Waals surface area contributed by atoms with Crippen molar-refractivity contribution in [1.82, 2.24) is 9.97 Å². The Labute approximate surface area is 111 Å². The van der Waals surface area contributed by atoms with Crippen LogP contribution < -0.4 is 10.6 Å². The molecule has 0 fully saturated rings. The summed E-state index contributed by atoms with van der Waals surface area (Å²) in [5.41, 5.74) is 1.96. The molecule has 4 nitrogen and oxygen atoms in total. The molecule has 0 spiro atoms. The highest BCUT2D eigenvalue weighted by Crippen LogP contribution is 2.25. The molecule has 18 heavy (non-hydrogen) atoms. The Kier molecular flexibility index (Phi) is 3.99. The maximum absolute atomic E-state index is 6.16. The molecule has 1 aromatic heterocycles. The summed E-state index contributed by atoms with van der Waals surface area (Å²) in [6.07, 6.45) is 1.52. The van der Waals surface area contributed by atoms with Gasteiger partial charge in [0.15, 0.2) is 0 Å². The first-order chi connectivity index (χ1) is 8.69. The van der Waals surface area contributed by atoms with Crippen LogP contribution in [0.1, 0.15) is 12.5 Å². The smallest absolute Gasteiger partial charge is 0.135 e. The molecule has 0 aliphatic heterocycles. The van der Waals surface area contributed by atoms with E-state index >= 15 is 0 Å². The van der Waals surface area contributed by atoms with Gasteiger partial charge in [0, 0.05) is 12.6 Å². The highest BCUT2D eigenvalue weighted by Gasteiger charge is 2.03. The van der Waals surface area contributed by atoms with Crippen molar-refractivity contribution in [3.63, 3.8) is 0 Å². The van der Waals surface area contributed by atoms with Crippen molar-refractivity contribution in [2.45, 2.75) is 13.8 Å². The van der Waals surface area contributed by atoms with Crippen molar-refractivity contribution in [2.75, 3.05) is 17.2 Å². The molecule has 0 bridgehead atoms. The van der Waals surface area contributed by atoms with Gasteiger partial charge in [0.2, 0.25) is 0 Å². The maximum Gasteiger partial charge on any atom is 0.135 e. The van der Waals surface area contributed by atoms with Crippen molar-refractivity contribution in [2.24, 2.45) is 0 Å². The molecule has 0 radical (unpaired) electrons. The van der Waals surface area contributed by atoms with Crippen LogP contribution in [0.3, 0.4) is 0 Å². The summed E-state index contributed by atoms with van der Waals surface area (Å²) in [6.45, 7) is 4.84. The van der Waals surface area contributed by atoms with Gasteiger partial charge in [-0.3, -0.25) is 0 Å². The fourth-order valence-electron chi connectivity index (χ4n) is 1.56. The number of hydrogen-bond acceptors (Lipinski definition) is 4. The topological polar surface area (TPSA) is 49.8 Å². The number of aromatic nitrogens is 2. The molecule has 0 unspecified atom stereocenters. The van der Waals surface area contributed by atoms with Crippen molar-refractivity contribution < 1.29 is 0 Å². The standard InChI is InChI=1S/C13H15ClN4/c1-3-15-12-7-13(17-8-16-12)18-11-5-4-9(2)6-10(11)14/h4-8H,3H2,1-2H3,(H2,15,16,17,18). The van der Waals surface area contributed by atoms with Crippen LogP contribution in [0.2, 0.25) is 5.02 Å². The Morgan fingerprint density at radius 3 is 2.67 bits per heavy atom. The first-order valence-electron chi connectivity index (χ1n) is 5.78. The predicted octanol–water partition coefficient (Wildman–Crippen LogP) is 3.61. The van der Waals surface area contributed by atoms with Crippen LogP contribution in [0.4, 0.5) is 17.3 Å². The van der Waals surface area contributed by atoms with Gasteiger partial charge >= 0.3 is 0 Å². The van der Waals surface area contributed by atoms with E-state index < -0.39 is 0 Å². The highest BCUT2D eigenvalue weighted by molar-refractivity contribution is 6.33. The van der Waals surface area contributed by atoms with Gasteiger partial charge in [-0.25, -0.2) is 9.97 Å². The van der Waals surface area contributed by atoms with Crippen LogP contribution in [0.15, 0.2) is 30.6 Å². The van der Waals surface area contributed by atoms with E-state index in [1.54, 1.807) is 0 Å². The SMILES string of the molecule is CCNc1cc(Nc2ccc(C)cc2Cl)ncn1. The fraction of sp³-hybridized carbons (Fsp3) is 0.231. The molecule has 0 amide bonds. The summed E-state index contributed by atoms with van der Waals surface area (Å²) in [7, 11) is 0. The third kappa shape index (κ3) is 3.11. The van der Waals surface area contributed by atoms with Gasteiger partial charge in [-0.2, -0.15) is 0 Å². The van der Waals surface area contributed by atoms with Gasteiger partial charge in [-0.05, 0) is 31.5 Å². The van der Waals surface area contributed by atoms with E-state index in [-0.39, 0.29) is 0 Å². The van der Waals surface area contributed by atoms with Crippen LogP contribution in [0.25, 0.3) is 0 Å². The largest absolute Gasteiger partial charge is 0.370 e. The lowest BCUT2D eigenvalue weighted by Crippen LogP contribution is -2.01. The molecule has 5 heteroatoms. The van der Waals surface area contributed by atoms with Gasteiger partial charge < -0.3 is 10.6 Å². The molecule has 2 N–H and O–H groups in total. The molecule has 2 rings (SSSR count). The first-order valence-corrected chi connectivity index (χ1v) is 6.16. The zero-order valence-electron chi connectivity index (χ0n) is 10.4. The van der Waals surface area contributed by atoms with Crippen LogP contribution >= 0.6 is 11.6 Å². The maximum atomic E-state index is 6.16. The minimum atomic E-state index is 0.679. The van der Waals surface area contributed by atoms with E-state index in [2.05, 4.69) is 20.6 Å². The summed E-state index contributed by atoms with van der Waals surface area (Å²) in [6, 6.07) is 7.70. The summed E-state index contributed by atoms with van der Waals surface area (Å²) in [4.78, 5) is 8.27. The summed E-state index contributed by atoms with van der Waals surface area (Å²) in [5.74, 6) is 1.50. The van der Waals surface area contributed by atoms with Crippen molar-refractivity contribution >= 4 is 28.9 Å². The molecule has 0 aliphatic rings. The molecule has 1 aromatic carbocycles. The summed E-state index contributed by atoms with van der Waals surface area (Å²) in [5, 5.41) is 6.99. The monoisotopic (exact) mass is 262 g/mol. The Balaban J connectivity index is 2.20. The minimum absolute atomic E-state index is 0.679. The number of nitrogens with one attached hydrogen (secondary N) is 2. The molecule has 2 aromatic rings.